The Balaban J connectivity index is 1.95. The lowest BCUT2D eigenvalue weighted by molar-refractivity contribution is -0.132. The van der Waals surface area contributed by atoms with Gasteiger partial charge in [0.25, 0.3) is 5.78 Å². The molecule has 0 aliphatic carbocycles. The highest BCUT2D eigenvalue weighted by Crippen LogP contribution is 2.42. The number of anilines is 1. The molecule has 1 unspecified atom stereocenters. The van der Waals surface area contributed by atoms with E-state index < -0.39 is 17.7 Å². The summed E-state index contributed by atoms with van der Waals surface area (Å²) in [5, 5.41) is 19.4. The van der Waals surface area contributed by atoms with Crippen molar-refractivity contribution >= 4 is 45.5 Å². The van der Waals surface area contributed by atoms with Gasteiger partial charge in [-0.15, -0.1) is 10.2 Å². The van der Waals surface area contributed by atoms with Gasteiger partial charge in [-0.3, -0.25) is 14.5 Å². The van der Waals surface area contributed by atoms with Crippen LogP contribution in [0.1, 0.15) is 22.7 Å². The number of carbonyl (C=O) groups excluding carboxylic acids is 2. The molecule has 1 aliphatic heterocycles. The number of amides is 1. The Labute approximate surface area is 169 Å². The van der Waals surface area contributed by atoms with E-state index in [9.17, 15) is 14.7 Å². The summed E-state index contributed by atoms with van der Waals surface area (Å²) in [6.07, 6.45) is 0. The zero-order chi connectivity index (χ0) is 19.8. The van der Waals surface area contributed by atoms with Gasteiger partial charge in [-0.25, -0.2) is 0 Å². The van der Waals surface area contributed by atoms with Gasteiger partial charge < -0.3 is 5.11 Å². The Hall–Kier alpha value is -3.03. The maximum Gasteiger partial charge on any atom is 0.301 e. The number of aromatic nitrogens is 2. The van der Waals surface area contributed by atoms with Crippen molar-refractivity contribution in [3.63, 3.8) is 0 Å². The van der Waals surface area contributed by atoms with Crippen LogP contribution in [0.25, 0.3) is 5.76 Å². The number of benzene rings is 2. The molecule has 1 saturated heterocycles. The highest BCUT2D eigenvalue weighted by atomic mass is 35.5. The van der Waals surface area contributed by atoms with Crippen LogP contribution in [0.5, 0.6) is 0 Å². The molecular formula is C20H14ClN3O3S. The molecule has 0 saturated carbocycles. The predicted octanol–water partition coefficient (Wildman–Crippen LogP) is 4.13. The third kappa shape index (κ3) is 3.08. The Morgan fingerprint density at radius 1 is 1.18 bits per heavy atom. The molecule has 1 N–H and O–H groups in total. The number of aliphatic hydroxyl groups is 1. The highest BCUT2D eigenvalue weighted by Gasteiger charge is 2.48. The fourth-order valence-electron chi connectivity index (χ4n) is 3.16. The Morgan fingerprint density at radius 2 is 1.93 bits per heavy atom. The number of halogens is 1. The Bertz CT molecular complexity index is 1090. The van der Waals surface area contributed by atoms with Crippen LogP contribution < -0.4 is 4.90 Å². The zero-order valence-corrected chi connectivity index (χ0v) is 16.2. The van der Waals surface area contributed by atoms with E-state index in [0.717, 1.165) is 16.9 Å². The smallest absolute Gasteiger partial charge is 0.301 e. The van der Waals surface area contributed by atoms with Crippen LogP contribution in [-0.2, 0) is 9.59 Å². The first-order valence-electron chi connectivity index (χ1n) is 8.37. The number of aliphatic hydroxyl groups excluding tert-OH is 1. The Kier molecular flexibility index (Phi) is 4.70. The maximum absolute atomic E-state index is 12.9. The molecule has 8 heteroatoms. The minimum Gasteiger partial charge on any atom is -0.507 e. The van der Waals surface area contributed by atoms with Crippen molar-refractivity contribution in [2.75, 3.05) is 4.90 Å². The van der Waals surface area contributed by atoms with E-state index in [0.29, 0.717) is 16.1 Å². The number of nitrogens with zero attached hydrogens (tertiary/aromatic N) is 3. The van der Waals surface area contributed by atoms with Gasteiger partial charge in [-0.05, 0) is 24.6 Å². The first-order valence-corrected chi connectivity index (χ1v) is 9.63. The SMILES string of the molecule is Cc1ccc(/C(O)=C2/C(=O)C(=O)N(c3nncs3)C2c2cccc(Cl)c2)cc1. The second-order valence-electron chi connectivity index (χ2n) is 6.31. The first-order chi connectivity index (χ1) is 13.5. The molecule has 0 bridgehead atoms. The zero-order valence-electron chi connectivity index (χ0n) is 14.7. The van der Waals surface area contributed by atoms with Crippen LogP contribution in [0.4, 0.5) is 5.13 Å². The van der Waals surface area contributed by atoms with Crippen LogP contribution >= 0.6 is 22.9 Å². The van der Waals surface area contributed by atoms with Crippen LogP contribution in [0.3, 0.4) is 0 Å². The molecule has 6 nitrogen and oxygen atoms in total. The summed E-state index contributed by atoms with van der Waals surface area (Å²) in [5.74, 6) is -1.79. The van der Waals surface area contributed by atoms with Gasteiger partial charge in [0.2, 0.25) is 5.13 Å². The normalized spacial score (nSPS) is 18.6. The lowest BCUT2D eigenvalue weighted by Gasteiger charge is -2.22. The van der Waals surface area contributed by atoms with Gasteiger partial charge in [0.1, 0.15) is 11.3 Å². The summed E-state index contributed by atoms with van der Waals surface area (Å²) in [6.45, 7) is 1.92. The number of Topliss-reactive ketones (excluding diaryl/α,β-unsaturated/α-hetero) is 1. The van der Waals surface area contributed by atoms with Crippen molar-refractivity contribution in [1.29, 1.82) is 0 Å². The molecule has 2 heterocycles. The molecule has 4 rings (SSSR count). The van der Waals surface area contributed by atoms with Gasteiger partial charge in [0.15, 0.2) is 0 Å². The van der Waals surface area contributed by atoms with Crippen LogP contribution in [0, 0.1) is 6.92 Å². The minimum absolute atomic E-state index is 0.00804. The van der Waals surface area contributed by atoms with Gasteiger partial charge >= 0.3 is 5.91 Å². The van der Waals surface area contributed by atoms with E-state index in [1.165, 1.54) is 10.4 Å². The maximum atomic E-state index is 12.9. The fraction of sp³-hybridized carbons (Fsp3) is 0.100. The number of hydrogen-bond acceptors (Lipinski definition) is 6. The molecule has 1 amide bonds. The summed E-state index contributed by atoms with van der Waals surface area (Å²) >= 11 is 7.27. The quantitative estimate of drug-likeness (QED) is 0.398. The van der Waals surface area contributed by atoms with Crippen LogP contribution in [-0.4, -0.2) is 27.0 Å². The summed E-state index contributed by atoms with van der Waals surface area (Å²) in [4.78, 5) is 26.9. The summed E-state index contributed by atoms with van der Waals surface area (Å²) in [6, 6.07) is 13.0. The second-order valence-corrected chi connectivity index (χ2v) is 7.56. The van der Waals surface area contributed by atoms with Crippen molar-refractivity contribution in [2.24, 2.45) is 0 Å². The molecule has 3 aromatic rings. The third-order valence-corrected chi connectivity index (χ3v) is 5.41. The number of rotatable bonds is 3. The molecule has 1 fully saturated rings. The van der Waals surface area contributed by atoms with Crippen molar-refractivity contribution in [2.45, 2.75) is 13.0 Å². The minimum atomic E-state index is -0.854. The number of aryl methyl sites for hydroxylation is 1. The van der Waals surface area contributed by atoms with Crippen molar-refractivity contribution in [1.82, 2.24) is 10.2 Å². The average Bonchev–Trinajstić information content (AvgIpc) is 3.29. The fourth-order valence-corrected chi connectivity index (χ4v) is 3.94. The second kappa shape index (κ2) is 7.18. The van der Waals surface area contributed by atoms with E-state index >= 15 is 0 Å². The largest absolute Gasteiger partial charge is 0.507 e. The monoisotopic (exact) mass is 411 g/mol. The molecular weight excluding hydrogens is 398 g/mol. The first kappa shape index (κ1) is 18.3. The molecule has 0 spiro atoms. The highest BCUT2D eigenvalue weighted by molar-refractivity contribution is 7.13. The average molecular weight is 412 g/mol. The van der Waals surface area contributed by atoms with Gasteiger partial charge in [0.05, 0.1) is 11.6 Å². The van der Waals surface area contributed by atoms with Gasteiger partial charge in [-0.1, -0.05) is 64.9 Å². The lowest BCUT2D eigenvalue weighted by Crippen LogP contribution is -2.29. The molecule has 28 heavy (non-hydrogen) atoms. The Morgan fingerprint density at radius 3 is 2.57 bits per heavy atom. The van der Waals surface area contributed by atoms with Gasteiger partial charge in [0, 0.05) is 10.6 Å². The molecule has 1 atom stereocenters. The van der Waals surface area contributed by atoms with E-state index in [4.69, 9.17) is 11.6 Å². The van der Waals surface area contributed by atoms with Crippen molar-refractivity contribution < 1.29 is 14.7 Å². The number of carbonyl (C=O) groups is 2. The summed E-state index contributed by atoms with van der Waals surface area (Å²) in [7, 11) is 0. The molecule has 2 aromatic carbocycles. The van der Waals surface area contributed by atoms with E-state index in [1.54, 1.807) is 36.4 Å². The lowest BCUT2D eigenvalue weighted by atomic mass is 9.95. The standard InChI is InChI=1S/C20H14ClN3O3S/c1-11-5-7-12(8-6-11)17(25)15-16(13-3-2-4-14(21)9-13)24(19(27)18(15)26)20-23-22-10-28-20/h2-10,16,25H,1H3/b17-15-. The molecule has 0 radical (unpaired) electrons. The van der Waals surface area contributed by atoms with Crippen LogP contribution in [0.2, 0.25) is 5.02 Å². The molecule has 1 aliphatic rings. The predicted molar refractivity (Wildman–Crippen MR) is 107 cm³/mol. The molecule has 140 valence electrons. The van der Waals surface area contributed by atoms with E-state index in [-0.39, 0.29) is 16.5 Å². The summed E-state index contributed by atoms with van der Waals surface area (Å²) < 4.78 is 0. The van der Waals surface area contributed by atoms with Crippen molar-refractivity contribution in [3.8, 4) is 0 Å². The van der Waals surface area contributed by atoms with Gasteiger partial charge in [-0.2, -0.15) is 0 Å². The number of ketones is 1. The topological polar surface area (TPSA) is 83.4 Å². The third-order valence-electron chi connectivity index (χ3n) is 4.49. The number of hydrogen-bond donors (Lipinski definition) is 1. The summed E-state index contributed by atoms with van der Waals surface area (Å²) in [5.41, 5.74) is 3.52. The van der Waals surface area contributed by atoms with Crippen LogP contribution in [0.15, 0.2) is 59.6 Å². The van der Waals surface area contributed by atoms with E-state index in [1.807, 2.05) is 19.1 Å². The van der Waals surface area contributed by atoms with Crippen molar-refractivity contribution in [3.05, 3.63) is 81.3 Å². The molecule has 1 aromatic heterocycles. The van der Waals surface area contributed by atoms with E-state index in [2.05, 4.69) is 10.2 Å².